The van der Waals surface area contributed by atoms with E-state index >= 15 is 0 Å². The van der Waals surface area contributed by atoms with E-state index in [1.165, 1.54) is 19.6 Å². The first-order valence-electron chi connectivity index (χ1n) is 4.93. The molecule has 0 aromatic carbocycles. The Balaban J connectivity index is 2.21. The Morgan fingerprint density at radius 1 is 1.23 bits per heavy atom. The summed E-state index contributed by atoms with van der Waals surface area (Å²) in [7, 11) is 0. The minimum Gasteiger partial charge on any atom is -0.301 e. The van der Waals surface area contributed by atoms with Crippen molar-refractivity contribution in [2.75, 3.05) is 45.1 Å². The SMILES string of the molecule is C=C(CCl)CN1CCN(CC)CC1. The van der Waals surface area contributed by atoms with Crippen LogP contribution >= 0.6 is 11.6 Å². The molecule has 0 saturated carbocycles. The lowest BCUT2D eigenvalue weighted by Gasteiger charge is -2.34. The summed E-state index contributed by atoms with van der Waals surface area (Å²) in [6, 6.07) is 0. The van der Waals surface area contributed by atoms with Gasteiger partial charge in [-0.25, -0.2) is 0 Å². The number of hydrogen-bond donors (Lipinski definition) is 0. The molecule has 76 valence electrons. The summed E-state index contributed by atoms with van der Waals surface area (Å²) >= 11 is 5.69. The number of hydrogen-bond acceptors (Lipinski definition) is 2. The summed E-state index contributed by atoms with van der Waals surface area (Å²) < 4.78 is 0. The van der Waals surface area contributed by atoms with Gasteiger partial charge in [0.2, 0.25) is 0 Å². The topological polar surface area (TPSA) is 6.48 Å². The van der Waals surface area contributed by atoms with Gasteiger partial charge < -0.3 is 4.90 Å². The van der Waals surface area contributed by atoms with Gasteiger partial charge in [0.05, 0.1) is 0 Å². The van der Waals surface area contributed by atoms with Gasteiger partial charge in [0.1, 0.15) is 0 Å². The van der Waals surface area contributed by atoms with E-state index in [1.54, 1.807) is 0 Å². The van der Waals surface area contributed by atoms with E-state index in [-0.39, 0.29) is 0 Å². The summed E-state index contributed by atoms with van der Waals surface area (Å²) in [5.41, 5.74) is 1.13. The van der Waals surface area contributed by atoms with Crippen LogP contribution in [0.5, 0.6) is 0 Å². The fourth-order valence-corrected chi connectivity index (χ4v) is 1.71. The zero-order valence-corrected chi connectivity index (χ0v) is 9.19. The second-order valence-corrected chi connectivity index (χ2v) is 3.86. The zero-order valence-electron chi connectivity index (χ0n) is 8.43. The lowest BCUT2D eigenvalue weighted by atomic mass is 10.2. The van der Waals surface area contributed by atoms with Gasteiger partial charge in [0.25, 0.3) is 0 Å². The molecule has 0 aliphatic carbocycles. The molecule has 0 atom stereocenters. The Hall–Kier alpha value is -0.0500. The Labute approximate surface area is 86.2 Å². The van der Waals surface area contributed by atoms with Crippen LogP contribution in [-0.4, -0.2) is 54.9 Å². The van der Waals surface area contributed by atoms with Crippen molar-refractivity contribution < 1.29 is 0 Å². The van der Waals surface area contributed by atoms with E-state index in [9.17, 15) is 0 Å². The molecule has 0 bridgehead atoms. The van der Waals surface area contributed by atoms with Gasteiger partial charge in [-0.3, -0.25) is 4.90 Å². The van der Waals surface area contributed by atoms with E-state index in [0.29, 0.717) is 5.88 Å². The Morgan fingerprint density at radius 3 is 2.23 bits per heavy atom. The minimum absolute atomic E-state index is 0.591. The highest BCUT2D eigenvalue weighted by Gasteiger charge is 2.15. The van der Waals surface area contributed by atoms with Crippen molar-refractivity contribution in [3.05, 3.63) is 12.2 Å². The lowest BCUT2D eigenvalue weighted by Crippen LogP contribution is -2.46. The van der Waals surface area contributed by atoms with Gasteiger partial charge >= 0.3 is 0 Å². The minimum atomic E-state index is 0.591. The average molecular weight is 203 g/mol. The van der Waals surface area contributed by atoms with Crippen molar-refractivity contribution in [1.82, 2.24) is 9.80 Å². The first-order chi connectivity index (χ1) is 6.26. The molecule has 1 fully saturated rings. The van der Waals surface area contributed by atoms with Crippen LogP contribution in [0.3, 0.4) is 0 Å². The summed E-state index contributed by atoms with van der Waals surface area (Å²) in [5.74, 6) is 0.591. The van der Waals surface area contributed by atoms with Crippen LogP contribution in [0, 0.1) is 0 Å². The molecule has 2 nitrogen and oxygen atoms in total. The summed E-state index contributed by atoms with van der Waals surface area (Å²) in [5, 5.41) is 0. The standard InChI is InChI=1S/C10H19ClN2/c1-3-12-4-6-13(7-5-12)9-10(2)8-11/h2-9H2,1H3. The molecule has 0 radical (unpaired) electrons. The van der Waals surface area contributed by atoms with Gasteiger partial charge in [0.15, 0.2) is 0 Å². The molecule has 0 aromatic rings. The predicted octanol–water partition coefficient (Wildman–Crippen LogP) is 1.42. The van der Waals surface area contributed by atoms with E-state index in [1.807, 2.05) is 0 Å². The first kappa shape index (κ1) is 11.0. The summed E-state index contributed by atoms with van der Waals surface area (Å²) in [4.78, 5) is 4.90. The van der Waals surface area contributed by atoms with Crippen LogP contribution in [0.25, 0.3) is 0 Å². The molecular weight excluding hydrogens is 184 g/mol. The van der Waals surface area contributed by atoms with Gasteiger partial charge in [-0.05, 0) is 12.1 Å². The molecule has 3 heteroatoms. The van der Waals surface area contributed by atoms with Gasteiger partial charge in [-0.1, -0.05) is 13.5 Å². The molecule has 1 aliphatic heterocycles. The molecule has 0 amide bonds. The van der Waals surface area contributed by atoms with Crippen LogP contribution in [-0.2, 0) is 0 Å². The summed E-state index contributed by atoms with van der Waals surface area (Å²) in [6.07, 6.45) is 0. The maximum absolute atomic E-state index is 5.69. The van der Waals surface area contributed by atoms with Gasteiger partial charge in [-0.2, -0.15) is 0 Å². The number of rotatable bonds is 4. The van der Waals surface area contributed by atoms with E-state index in [0.717, 1.165) is 25.2 Å². The van der Waals surface area contributed by atoms with Crippen molar-refractivity contribution >= 4 is 11.6 Å². The fourth-order valence-electron chi connectivity index (χ4n) is 1.62. The number of likely N-dealkylation sites (N-methyl/N-ethyl adjacent to an activating group) is 1. The molecule has 1 aliphatic rings. The smallest absolute Gasteiger partial charge is 0.0443 e. The third kappa shape index (κ3) is 3.67. The summed E-state index contributed by atoms with van der Waals surface area (Å²) in [6.45, 7) is 13.0. The van der Waals surface area contributed by atoms with Crippen molar-refractivity contribution in [2.24, 2.45) is 0 Å². The number of piperazine rings is 1. The molecule has 0 unspecified atom stereocenters. The first-order valence-corrected chi connectivity index (χ1v) is 5.47. The molecule has 13 heavy (non-hydrogen) atoms. The maximum Gasteiger partial charge on any atom is 0.0443 e. The van der Waals surface area contributed by atoms with E-state index in [4.69, 9.17) is 11.6 Å². The van der Waals surface area contributed by atoms with Gasteiger partial charge in [-0.15, -0.1) is 11.6 Å². The number of halogens is 1. The van der Waals surface area contributed by atoms with Crippen LogP contribution in [0.15, 0.2) is 12.2 Å². The average Bonchev–Trinajstić information content (AvgIpc) is 2.19. The highest BCUT2D eigenvalue weighted by molar-refractivity contribution is 6.19. The molecule has 1 heterocycles. The monoisotopic (exact) mass is 202 g/mol. The molecular formula is C10H19ClN2. The number of nitrogens with zero attached hydrogens (tertiary/aromatic N) is 2. The molecule has 1 saturated heterocycles. The largest absolute Gasteiger partial charge is 0.301 e. The normalized spacial score (nSPS) is 20.5. The third-order valence-corrected chi connectivity index (χ3v) is 2.93. The van der Waals surface area contributed by atoms with Crippen LogP contribution < -0.4 is 0 Å². The lowest BCUT2D eigenvalue weighted by molar-refractivity contribution is 0.146. The Bertz CT molecular complexity index is 162. The fraction of sp³-hybridized carbons (Fsp3) is 0.800. The van der Waals surface area contributed by atoms with Crippen molar-refractivity contribution in [2.45, 2.75) is 6.92 Å². The molecule has 0 spiro atoms. The highest BCUT2D eigenvalue weighted by Crippen LogP contribution is 2.04. The zero-order chi connectivity index (χ0) is 9.68. The van der Waals surface area contributed by atoms with Crippen LogP contribution in [0.4, 0.5) is 0 Å². The predicted molar refractivity (Wildman–Crippen MR) is 58.4 cm³/mol. The second kappa shape index (κ2) is 5.63. The Kier molecular flexibility index (Phi) is 4.78. The molecule has 1 rings (SSSR count). The van der Waals surface area contributed by atoms with Gasteiger partial charge in [0, 0.05) is 38.6 Å². The second-order valence-electron chi connectivity index (χ2n) is 3.59. The van der Waals surface area contributed by atoms with E-state index < -0.39 is 0 Å². The maximum atomic E-state index is 5.69. The third-order valence-electron chi connectivity index (χ3n) is 2.55. The molecule has 0 N–H and O–H groups in total. The number of alkyl halides is 1. The van der Waals surface area contributed by atoms with Crippen molar-refractivity contribution in [3.63, 3.8) is 0 Å². The Morgan fingerprint density at radius 2 is 1.77 bits per heavy atom. The molecule has 0 aromatic heterocycles. The van der Waals surface area contributed by atoms with E-state index in [2.05, 4.69) is 23.3 Å². The van der Waals surface area contributed by atoms with Crippen LogP contribution in [0.1, 0.15) is 6.92 Å². The van der Waals surface area contributed by atoms with Crippen LogP contribution in [0.2, 0.25) is 0 Å². The van der Waals surface area contributed by atoms with Crippen molar-refractivity contribution in [1.29, 1.82) is 0 Å². The van der Waals surface area contributed by atoms with Crippen molar-refractivity contribution in [3.8, 4) is 0 Å². The quantitative estimate of drug-likeness (QED) is 0.503. The highest BCUT2D eigenvalue weighted by atomic mass is 35.5.